The van der Waals surface area contributed by atoms with Gasteiger partial charge in [0.2, 0.25) is 5.91 Å². The molecule has 1 saturated heterocycles. The largest absolute Gasteiger partial charge is 0.369 e. The molecule has 174 valence electrons. The summed E-state index contributed by atoms with van der Waals surface area (Å²) >= 11 is 0. The summed E-state index contributed by atoms with van der Waals surface area (Å²) in [7, 11) is 0. The number of non-ortho nitro benzene ring substituents is 1. The van der Waals surface area contributed by atoms with Crippen LogP contribution in [0.1, 0.15) is 6.92 Å². The summed E-state index contributed by atoms with van der Waals surface area (Å²) in [6.07, 6.45) is 0. The van der Waals surface area contributed by atoms with Gasteiger partial charge in [-0.25, -0.2) is 0 Å². The Hall–Kier alpha value is -3.91. The first-order chi connectivity index (χ1) is 16.5. The number of fused-ring (bicyclic) bond motifs is 3. The number of amides is 1. The molecule has 34 heavy (non-hydrogen) atoms. The molecule has 5 rings (SSSR count). The number of benzene rings is 3. The molecule has 8 nitrogen and oxygen atoms in total. The molecule has 1 aliphatic heterocycles. The first kappa shape index (κ1) is 21.9. The fourth-order valence-corrected chi connectivity index (χ4v) is 4.83. The first-order valence-corrected chi connectivity index (χ1v) is 11.6. The molecule has 1 aliphatic rings. The van der Waals surface area contributed by atoms with E-state index in [0.717, 1.165) is 49.5 Å². The Morgan fingerprint density at radius 3 is 2.35 bits per heavy atom. The summed E-state index contributed by atoms with van der Waals surface area (Å²) in [5.74, 6) is -0.0256. The van der Waals surface area contributed by atoms with E-state index in [2.05, 4.69) is 56.9 Å². The zero-order valence-electron chi connectivity index (χ0n) is 19.1. The molecule has 1 amide bonds. The molecule has 0 bridgehead atoms. The van der Waals surface area contributed by atoms with E-state index in [1.165, 1.54) is 28.6 Å². The van der Waals surface area contributed by atoms with E-state index in [1.54, 1.807) is 12.1 Å². The van der Waals surface area contributed by atoms with Gasteiger partial charge >= 0.3 is 0 Å². The molecule has 0 unspecified atom stereocenters. The highest BCUT2D eigenvalue weighted by Crippen LogP contribution is 2.31. The monoisotopic (exact) mass is 457 g/mol. The molecule has 0 saturated carbocycles. The minimum atomic E-state index is -0.389. The summed E-state index contributed by atoms with van der Waals surface area (Å²) in [6.45, 7) is 6.43. The van der Waals surface area contributed by atoms with Gasteiger partial charge in [-0.3, -0.25) is 19.8 Å². The Bertz CT molecular complexity index is 1350. The third-order valence-corrected chi connectivity index (χ3v) is 6.54. The molecular formula is C26H27N5O3. The van der Waals surface area contributed by atoms with Crippen molar-refractivity contribution in [2.45, 2.75) is 13.5 Å². The number of piperazine rings is 1. The second kappa shape index (κ2) is 9.15. The molecule has 0 aliphatic carbocycles. The van der Waals surface area contributed by atoms with E-state index in [4.69, 9.17) is 0 Å². The highest BCUT2D eigenvalue weighted by molar-refractivity contribution is 6.09. The third kappa shape index (κ3) is 4.20. The summed E-state index contributed by atoms with van der Waals surface area (Å²) in [5.41, 5.74) is 4.24. The second-order valence-electron chi connectivity index (χ2n) is 8.58. The van der Waals surface area contributed by atoms with Gasteiger partial charge in [-0.2, -0.15) is 0 Å². The van der Waals surface area contributed by atoms with Crippen LogP contribution in [-0.2, 0) is 11.3 Å². The van der Waals surface area contributed by atoms with Gasteiger partial charge in [-0.15, -0.1) is 0 Å². The lowest BCUT2D eigenvalue weighted by atomic mass is 10.1. The quantitative estimate of drug-likeness (QED) is 0.341. The third-order valence-electron chi connectivity index (χ3n) is 6.54. The van der Waals surface area contributed by atoms with E-state index in [1.807, 2.05) is 12.1 Å². The van der Waals surface area contributed by atoms with Crippen LogP contribution in [0.4, 0.5) is 17.1 Å². The van der Waals surface area contributed by atoms with Crippen molar-refractivity contribution in [1.82, 2.24) is 9.47 Å². The maximum atomic E-state index is 12.8. The summed E-state index contributed by atoms with van der Waals surface area (Å²) < 4.78 is 2.29. The van der Waals surface area contributed by atoms with Crippen LogP contribution < -0.4 is 10.2 Å². The molecule has 8 heteroatoms. The fraction of sp³-hybridized carbons (Fsp3) is 0.269. The van der Waals surface area contributed by atoms with Crippen molar-refractivity contribution in [3.05, 3.63) is 76.8 Å². The summed E-state index contributed by atoms with van der Waals surface area (Å²) in [5, 5.41) is 16.3. The minimum Gasteiger partial charge on any atom is -0.369 e. The number of nitrogens with one attached hydrogen (secondary N) is 1. The van der Waals surface area contributed by atoms with Crippen molar-refractivity contribution in [2.24, 2.45) is 0 Å². The summed E-state index contributed by atoms with van der Waals surface area (Å²) in [6, 6.07) is 21.1. The van der Waals surface area contributed by atoms with Crippen LogP contribution >= 0.6 is 0 Å². The molecule has 0 atom stereocenters. The smallest absolute Gasteiger partial charge is 0.269 e. The van der Waals surface area contributed by atoms with Crippen LogP contribution in [-0.4, -0.2) is 53.0 Å². The van der Waals surface area contributed by atoms with Crippen molar-refractivity contribution in [3.63, 3.8) is 0 Å². The van der Waals surface area contributed by atoms with E-state index in [0.29, 0.717) is 6.54 Å². The molecule has 0 spiro atoms. The van der Waals surface area contributed by atoms with Crippen LogP contribution in [0.5, 0.6) is 0 Å². The molecule has 3 aromatic carbocycles. The fourth-order valence-electron chi connectivity index (χ4n) is 4.83. The lowest BCUT2D eigenvalue weighted by Crippen LogP contribution is -2.48. The number of hydrogen-bond donors (Lipinski definition) is 1. The molecule has 4 aromatic rings. The average Bonchev–Trinajstić information content (AvgIpc) is 3.17. The topological polar surface area (TPSA) is 83.7 Å². The standard InChI is InChI=1S/C26H27N5O3/c1-2-30-24-6-4-3-5-22(24)23-17-19(7-12-25(23)30)27-26(32)18-28-13-15-29(16-14-28)20-8-10-21(11-9-20)31(33)34/h3-12,17H,2,13-16,18H2,1H3,(H,27,32). The zero-order chi connectivity index (χ0) is 23.7. The number of nitro benzene ring substituents is 1. The summed E-state index contributed by atoms with van der Waals surface area (Å²) in [4.78, 5) is 27.5. The van der Waals surface area contributed by atoms with Crippen molar-refractivity contribution in [3.8, 4) is 0 Å². The predicted molar refractivity (Wildman–Crippen MR) is 135 cm³/mol. The van der Waals surface area contributed by atoms with Gasteiger partial charge in [0.05, 0.1) is 11.5 Å². The Morgan fingerprint density at radius 2 is 1.65 bits per heavy atom. The number of nitro groups is 1. The van der Waals surface area contributed by atoms with Crippen LogP contribution in [0.25, 0.3) is 21.8 Å². The van der Waals surface area contributed by atoms with Gasteiger partial charge in [-0.05, 0) is 43.3 Å². The zero-order valence-corrected chi connectivity index (χ0v) is 19.1. The average molecular weight is 458 g/mol. The van der Waals surface area contributed by atoms with Gasteiger partial charge < -0.3 is 14.8 Å². The number of anilines is 2. The highest BCUT2D eigenvalue weighted by atomic mass is 16.6. The number of aromatic nitrogens is 1. The number of hydrogen-bond acceptors (Lipinski definition) is 5. The number of aryl methyl sites for hydroxylation is 1. The van der Waals surface area contributed by atoms with Gasteiger partial charge in [0.15, 0.2) is 0 Å². The van der Waals surface area contributed by atoms with Crippen LogP contribution in [0.15, 0.2) is 66.7 Å². The van der Waals surface area contributed by atoms with E-state index < -0.39 is 0 Å². The SMILES string of the molecule is CCn1c2ccccc2c2cc(NC(=O)CN3CCN(c4ccc([N+](=O)[O-])cc4)CC3)ccc21. The van der Waals surface area contributed by atoms with Crippen LogP contribution in [0, 0.1) is 10.1 Å². The van der Waals surface area contributed by atoms with Gasteiger partial charge in [0.25, 0.3) is 5.69 Å². The molecule has 0 radical (unpaired) electrons. The lowest BCUT2D eigenvalue weighted by molar-refractivity contribution is -0.384. The number of nitrogens with zero attached hydrogens (tertiary/aromatic N) is 4. The number of para-hydroxylation sites is 1. The molecule has 1 fully saturated rings. The van der Waals surface area contributed by atoms with Gasteiger partial charge in [0, 0.05) is 78.0 Å². The van der Waals surface area contributed by atoms with Gasteiger partial charge in [0.1, 0.15) is 0 Å². The number of carbonyl (C=O) groups is 1. The van der Waals surface area contributed by atoms with Crippen molar-refractivity contribution < 1.29 is 9.72 Å². The van der Waals surface area contributed by atoms with Crippen LogP contribution in [0.3, 0.4) is 0 Å². The lowest BCUT2D eigenvalue weighted by Gasteiger charge is -2.35. The first-order valence-electron chi connectivity index (χ1n) is 11.6. The molecule has 1 aromatic heterocycles. The maximum Gasteiger partial charge on any atom is 0.269 e. The Morgan fingerprint density at radius 1 is 0.941 bits per heavy atom. The minimum absolute atomic E-state index is 0.0256. The second-order valence-corrected chi connectivity index (χ2v) is 8.58. The van der Waals surface area contributed by atoms with Crippen molar-refractivity contribution in [2.75, 3.05) is 42.9 Å². The van der Waals surface area contributed by atoms with Crippen molar-refractivity contribution in [1.29, 1.82) is 0 Å². The number of carbonyl (C=O) groups excluding carboxylic acids is 1. The van der Waals surface area contributed by atoms with E-state index >= 15 is 0 Å². The Labute approximate surface area is 197 Å². The normalized spacial score (nSPS) is 14.6. The van der Waals surface area contributed by atoms with Gasteiger partial charge in [-0.1, -0.05) is 18.2 Å². The maximum absolute atomic E-state index is 12.8. The Kier molecular flexibility index (Phi) is 5.90. The molecule has 2 heterocycles. The number of rotatable bonds is 6. The predicted octanol–water partition coefficient (Wildman–Crippen LogP) is 4.48. The Balaban J connectivity index is 1.21. The van der Waals surface area contributed by atoms with E-state index in [-0.39, 0.29) is 16.5 Å². The van der Waals surface area contributed by atoms with E-state index in [9.17, 15) is 14.9 Å². The van der Waals surface area contributed by atoms with Crippen molar-refractivity contribution >= 4 is 44.8 Å². The molecular weight excluding hydrogens is 430 g/mol. The highest BCUT2D eigenvalue weighted by Gasteiger charge is 2.20. The van der Waals surface area contributed by atoms with Crippen LogP contribution in [0.2, 0.25) is 0 Å². The molecule has 1 N–H and O–H groups in total.